The minimum absolute atomic E-state index is 0.289. The van der Waals surface area contributed by atoms with Gasteiger partial charge in [-0.1, -0.05) is 114 Å². The zero-order valence-electron chi connectivity index (χ0n) is 20.2. The van der Waals surface area contributed by atoms with E-state index in [4.69, 9.17) is 0 Å². The largest absolute Gasteiger partial charge is 0.287 e. The summed E-state index contributed by atoms with van der Waals surface area (Å²) in [5.74, 6) is 1.21. The van der Waals surface area contributed by atoms with E-state index in [-0.39, 0.29) is 5.12 Å². The first kappa shape index (κ1) is 27.1. The molecule has 0 atom stereocenters. The fraction of sp³-hybridized carbons (Fsp3) is 0.552. The van der Waals surface area contributed by atoms with Crippen molar-refractivity contribution in [2.24, 2.45) is 0 Å². The van der Waals surface area contributed by atoms with Gasteiger partial charge >= 0.3 is 0 Å². The highest BCUT2D eigenvalue weighted by molar-refractivity contribution is 8.13. The molecule has 0 saturated heterocycles. The molecule has 0 N–H and O–H groups in total. The SMILES string of the molecule is CCCCCCCCCSc1ccc(-c2ccc(SC(=O)CCCCCCC)cc2)cc1. The van der Waals surface area contributed by atoms with Crippen LogP contribution in [0.5, 0.6) is 0 Å². The van der Waals surface area contributed by atoms with Crippen LogP contribution < -0.4 is 0 Å². The molecule has 32 heavy (non-hydrogen) atoms. The molecule has 0 fully saturated rings. The Balaban J connectivity index is 1.68. The molecular formula is C29H42OS2. The molecule has 0 saturated carbocycles. The molecule has 176 valence electrons. The number of hydrogen-bond donors (Lipinski definition) is 0. The zero-order chi connectivity index (χ0) is 22.9. The minimum Gasteiger partial charge on any atom is -0.287 e. The molecule has 2 rings (SSSR count). The molecule has 1 nitrogen and oxygen atoms in total. The number of unbranched alkanes of at least 4 members (excludes halogenated alkanes) is 10. The van der Waals surface area contributed by atoms with Crippen LogP contribution in [0.25, 0.3) is 11.1 Å². The lowest BCUT2D eigenvalue weighted by atomic mass is 10.1. The summed E-state index contributed by atoms with van der Waals surface area (Å²) in [7, 11) is 0. The monoisotopic (exact) mass is 470 g/mol. The molecule has 0 amide bonds. The van der Waals surface area contributed by atoms with Gasteiger partial charge in [0.05, 0.1) is 0 Å². The summed E-state index contributed by atoms with van der Waals surface area (Å²) < 4.78 is 0. The van der Waals surface area contributed by atoms with Gasteiger partial charge in [0.1, 0.15) is 0 Å². The van der Waals surface area contributed by atoms with Gasteiger partial charge in [-0.15, -0.1) is 11.8 Å². The van der Waals surface area contributed by atoms with Crippen LogP contribution in [0.2, 0.25) is 0 Å². The van der Waals surface area contributed by atoms with E-state index in [1.54, 1.807) is 0 Å². The molecule has 0 aliphatic carbocycles. The number of hydrogen-bond acceptors (Lipinski definition) is 3. The first-order chi connectivity index (χ1) is 15.7. The smallest absolute Gasteiger partial charge is 0.193 e. The second-order valence-corrected chi connectivity index (χ2v) is 11.0. The molecule has 0 radical (unpaired) electrons. The average Bonchev–Trinajstić information content (AvgIpc) is 2.81. The topological polar surface area (TPSA) is 17.1 Å². The Morgan fingerprint density at radius 2 is 1.06 bits per heavy atom. The number of benzene rings is 2. The van der Waals surface area contributed by atoms with Gasteiger partial charge in [-0.3, -0.25) is 4.79 Å². The highest BCUT2D eigenvalue weighted by Gasteiger charge is 2.06. The summed E-state index contributed by atoms with van der Waals surface area (Å²) in [6.07, 6.45) is 16.2. The third-order valence-corrected chi connectivity index (χ3v) is 7.81. The van der Waals surface area contributed by atoms with Crippen LogP contribution in [-0.4, -0.2) is 10.9 Å². The van der Waals surface area contributed by atoms with Crippen molar-refractivity contribution in [2.75, 3.05) is 5.75 Å². The third-order valence-electron chi connectivity index (χ3n) is 5.77. The van der Waals surface area contributed by atoms with Crippen molar-refractivity contribution in [3.63, 3.8) is 0 Å². The fourth-order valence-corrected chi connectivity index (χ4v) is 5.46. The molecule has 0 aromatic heterocycles. The van der Waals surface area contributed by atoms with E-state index >= 15 is 0 Å². The molecule has 0 spiro atoms. The summed E-state index contributed by atoms with van der Waals surface area (Å²) in [6.45, 7) is 4.49. The predicted molar refractivity (Wildman–Crippen MR) is 145 cm³/mol. The van der Waals surface area contributed by atoms with Gasteiger partial charge in [0, 0.05) is 16.2 Å². The van der Waals surface area contributed by atoms with Gasteiger partial charge < -0.3 is 0 Å². The number of thioether (sulfide) groups is 2. The molecule has 0 bridgehead atoms. The Labute approximate surface area is 205 Å². The summed E-state index contributed by atoms with van der Waals surface area (Å²) in [4.78, 5) is 14.6. The molecule has 0 aliphatic heterocycles. The van der Waals surface area contributed by atoms with E-state index < -0.39 is 0 Å². The second-order valence-electron chi connectivity index (χ2n) is 8.66. The Bertz CT molecular complexity index is 737. The Morgan fingerprint density at radius 1 is 0.594 bits per heavy atom. The molecular weight excluding hydrogens is 428 g/mol. The van der Waals surface area contributed by atoms with E-state index in [0.717, 1.165) is 11.3 Å². The Hall–Kier alpha value is -1.19. The van der Waals surface area contributed by atoms with Gasteiger partial charge in [-0.2, -0.15) is 0 Å². The summed E-state index contributed by atoms with van der Waals surface area (Å²) >= 11 is 3.36. The summed E-state index contributed by atoms with van der Waals surface area (Å²) in [5, 5.41) is 0.289. The number of carbonyl (C=O) groups excluding carboxylic acids is 1. The normalized spacial score (nSPS) is 11.1. The van der Waals surface area contributed by atoms with Crippen molar-refractivity contribution >= 4 is 28.6 Å². The summed E-state index contributed by atoms with van der Waals surface area (Å²) in [6, 6.07) is 17.4. The van der Waals surface area contributed by atoms with E-state index in [0.29, 0.717) is 6.42 Å². The van der Waals surface area contributed by atoms with Crippen LogP contribution in [-0.2, 0) is 4.79 Å². The predicted octanol–water partition coefficient (Wildman–Crippen LogP) is 10.2. The molecule has 0 aliphatic rings. The maximum atomic E-state index is 12.2. The highest BCUT2D eigenvalue weighted by atomic mass is 32.2. The maximum absolute atomic E-state index is 12.2. The summed E-state index contributed by atoms with van der Waals surface area (Å²) in [5.41, 5.74) is 2.45. The van der Waals surface area contributed by atoms with Gasteiger partial charge in [0.2, 0.25) is 0 Å². The lowest BCUT2D eigenvalue weighted by molar-refractivity contribution is -0.111. The Morgan fingerprint density at radius 3 is 1.62 bits per heavy atom. The van der Waals surface area contributed by atoms with Crippen molar-refractivity contribution in [2.45, 2.75) is 107 Å². The minimum atomic E-state index is 0.289. The van der Waals surface area contributed by atoms with Crippen LogP contribution >= 0.6 is 23.5 Å². The van der Waals surface area contributed by atoms with Crippen LogP contribution in [0.15, 0.2) is 58.3 Å². The van der Waals surface area contributed by atoms with Gasteiger partial charge in [0.25, 0.3) is 0 Å². The lowest BCUT2D eigenvalue weighted by Crippen LogP contribution is -1.91. The van der Waals surface area contributed by atoms with Crippen molar-refractivity contribution in [3.05, 3.63) is 48.5 Å². The second kappa shape index (κ2) is 17.3. The average molecular weight is 471 g/mol. The van der Waals surface area contributed by atoms with Crippen molar-refractivity contribution in [1.29, 1.82) is 0 Å². The van der Waals surface area contributed by atoms with Crippen LogP contribution in [0.1, 0.15) is 97.3 Å². The van der Waals surface area contributed by atoms with E-state index in [1.807, 2.05) is 11.8 Å². The standard InChI is InChI=1S/C29H42OS2/c1-3-5-7-9-10-12-14-24-31-27-20-16-25(17-21-27)26-18-22-28(23-19-26)32-29(30)15-13-11-8-6-4-2/h16-23H,3-15,24H2,1-2H3. The van der Waals surface area contributed by atoms with Crippen LogP contribution in [0.3, 0.4) is 0 Å². The van der Waals surface area contributed by atoms with Gasteiger partial charge in [0.15, 0.2) is 5.12 Å². The van der Waals surface area contributed by atoms with Crippen molar-refractivity contribution in [3.8, 4) is 11.1 Å². The highest BCUT2D eigenvalue weighted by Crippen LogP contribution is 2.28. The van der Waals surface area contributed by atoms with Crippen LogP contribution in [0, 0.1) is 0 Å². The van der Waals surface area contributed by atoms with Gasteiger partial charge in [-0.05, 0) is 54.0 Å². The molecule has 2 aromatic rings. The van der Waals surface area contributed by atoms with E-state index in [1.165, 1.54) is 104 Å². The van der Waals surface area contributed by atoms with Crippen LogP contribution in [0.4, 0.5) is 0 Å². The van der Waals surface area contributed by atoms with E-state index in [9.17, 15) is 4.79 Å². The van der Waals surface area contributed by atoms with E-state index in [2.05, 4.69) is 62.4 Å². The lowest BCUT2D eigenvalue weighted by Gasteiger charge is -2.06. The van der Waals surface area contributed by atoms with Gasteiger partial charge in [-0.25, -0.2) is 0 Å². The van der Waals surface area contributed by atoms with Crippen molar-refractivity contribution < 1.29 is 4.79 Å². The maximum Gasteiger partial charge on any atom is 0.193 e. The fourth-order valence-electron chi connectivity index (χ4n) is 3.76. The Kier molecular flexibility index (Phi) is 14.6. The first-order valence-electron chi connectivity index (χ1n) is 12.8. The molecule has 2 aromatic carbocycles. The number of rotatable bonds is 17. The molecule has 0 unspecified atom stereocenters. The van der Waals surface area contributed by atoms with Crippen molar-refractivity contribution in [1.82, 2.24) is 0 Å². The molecule has 3 heteroatoms. The zero-order valence-corrected chi connectivity index (χ0v) is 21.9. The quantitative estimate of drug-likeness (QED) is 0.169. The first-order valence-corrected chi connectivity index (χ1v) is 14.6. The number of carbonyl (C=O) groups is 1. The third kappa shape index (κ3) is 11.6. The molecule has 0 heterocycles.